The van der Waals surface area contributed by atoms with Gasteiger partial charge in [-0.2, -0.15) is 5.26 Å². The molecular weight excluding hydrogens is 444 g/mol. The molecule has 2 aromatic rings. The van der Waals surface area contributed by atoms with E-state index < -0.39 is 0 Å². The molecule has 180 valence electrons. The Labute approximate surface area is 209 Å². The first kappa shape index (κ1) is 25.6. The van der Waals surface area contributed by atoms with Gasteiger partial charge in [-0.25, -0.2) is 0 Å². The lowest BCUT2D eigenvalue weighted by atomic mass is 9.89. The second kappa shape index (κ2) is 11.4. The van der Waals surface area contributed by atoms with Crippen LogP contribution in [-0.4, -0.2) is 37.0 Å². The number of amides is 1. The number of carbonyl (C=O) groups excluding carboxylic acids is 1. The van der Waals surface area contributed by atoms with Gasteiger partial charge in [0.2, 0.25) is 0 Å². The first-order valence-electron chi connectivity index (χ1n) is 12.1. The fraction of sp³-hybridized carbons (Fsp3) is 0.429. The Morgan fingerprint density at radius 1 is 1.06 bits per heavy atom. The zero-order chi connectivity index (χ0) is 23.4. The van der Waals surface area contributed by atoms with Crippen LogP contribution in [0.1, 0.15) is 53.6 Å². The average Bonchev–Trinajstić information content (AvgIpc) is 2.84. The Bertz CT molecular complexity index is 1100. The molecule has 1 amide bonds. The summed E-state index contributed by atoms with van der Waals surface area (Å²) >= 11 is 0. The van der Waals surface area contributed by atoms with Gasteiger partial charge in [0.25, 0.3) is 5.91 Å². The van der Waals surface area contributed by atoms with E-state index in [0.717, 1.165) is 44.6 Å². The van der Waals surface area contributed by atoms with Crippen LogP contribution >= 0.6 is 12.4 Å². The highest BCUT2D eigenvalue weighted by Gasteiger charge is 2.20. The van der Waals surface area contributed by atoms with Crippen molar-refractivity contribution in [1.82, 2.24) is 10.2 Å². The number of benzene rings is 2. The minimum absolute atomic E-state index is 0. The number of anilines is 1. The van der Waals surface area contributed by atoms with E-state index in [0.29, 0.717) is 0 Å². The van der Waals surface area contributed by atoms with E-state index in [4.69, 9.17) is 0 Å². The summed E-state index contributed by atoms with van der Waals surface area (Å²) in [7, 11) is 0. The van der Waals surface area contributed by atoms with Crippen LogP contribution in [0.25, 0.3) is 0 Å². The summed E-state index contributed by atoms with van der Waals surface area (Å²) in [5.41, 5.74) is 7.99. The monoisotopic (exact) mass is 478 g/mol. The average molecular weight is 479 g/mol. The molecule has 1 N–H and O–H groups in total. The normalized spacial score (nSPS) is 16.7. The number of aryl methyl sites for hydroxylation is 3. The van der Waals surface area contributed by atoms with E-state index in [-0.39, 0.29) is 29.9 Å². The van der Waals surface area contributed by atoms with Gasteiger partial charge < -0.3 is 15.1 Å². The molecule has 1 aliphatic carbocycles. The number of hydrogen-bond acceptors (Lipinski definition) is 4. The highest BCUT2D eigenvalue weighted by atomic mass is 35.5. The van der Waals surface area contributed by atoms with E-state index in [2.05, 4.69) is 71.4 Å². The number of piperazine rings is 1. The molecule has 1 saturated heterocycles. The second-order valence-electron chi connectivity index (χ2n) is 9.33. The summed E-state index contributed by atoms with van der Waals surface area (Å²) in [6.07, 6.45) is 6.48. The van der Waals surface area contributed by atoms with Crippen molar-refractivity contribution in [3.63, 3.8) is 0 Å². The lowest BCUT2D eigenvalue weighted by molar-refractivity contribution is -0.117. The van der Waals surface area contributed by atoms with Crippen molar-refractivity contribution in [2.45, 2.75) is 52.5 Å². The fourth-order valence-electron chi connectivity index (χ4n) is 4.87. The SMILES string of the molecule is Cc1cccc(N2CCN(/C=C(/C#N)C(=O)NC(C)c3ccc4c(c3)CCCC4)CC2)c1C.Cl. The van der Waals surface area contributed by atoms with Crippen LogP contribution in [0.2, 0.25) is 0 Å². The van der Waals surface area contributed by atoms with Gasteiger partial charge in [-0.05, 0) is 80.3 Å². The van der Waals surface area contributed by atoms with Gasteiger partial charge in [-0.15, -0.1) is 12.4 Å². The molecule has 1 aliphatic heterocycles. The van der Waals surface area contributed by atoms with Crippen LogP contribution in [0.5, 0.6) is 0 Å². The largest absolute Gasteiger partial charge is 0.373 e. The number of carbonyl (C=O) groups is 1. The number of nitrogens with zero attached hydrogens (tertiary/aromatic N) is 3. The van der Waals surface area contributed by atoms with E-state index in [1.165, 1.54) is 40.8 Å². The van der Waals surface area contributed by atoms with Gasteiger partial charge in [0.05, 0.1) is 6.04 Å². The molecule has 5 nitrogen and oxygen atoms in total. The molecule has 0 bridgehead atoms. The third kappa shape index (κ3) is 5.74. The summed E-state index contributed by atoms with van der Waals surface area (Å²) in [4.78, 5) is 17.3. The third-order valence-corrected chi connectivity index (χ3v) is 7.13. The van der Waals surface area contributed by atoms with Gasteiger partial charge in [0, 0.05) is 38.1 Å². The molecular formula is C28H35ClN4O. The second-order valence-corrected chi connectivity index (χ2v) is 9.33. The Morgan fingerprint density at radius 3 is 2.47 bits per heavy atom. The smallest absolute Gasteiger partial charge is 0.263 e. The van der Waals surface area contributed by atoms with Crippen molar-refractivity contribution in [2.75, 3.05) is 31.1 Å². The Morgan fingerprint density at radius 2 is 1.76 bits per heavy atom. The molecule has 1 unspecified atom stereocenters. The lowest BCUT2D eigenvalue weighted by Crippen LogP contribution is -2.44. The van der Waals surface area contributed by atoms with Gasteiger partial charge in [0.15, 0.2) is 0 Å². The van der Waals surface area contributed by atoms with Crippen molar-refractivity contribution in [3.8, 4) is 6.07 Å². The first-order chi connectivity index (χ1) is 16.0. The predicted molar refractivity (Wildman–Crippen MR) is 140 cm³/mol. The molecule has 2 aliphatic rings. The minimum Gasteiger partial charge on any atom is -0.373 e. The topological polar surface area (TPSA) is 59.4 Å². The molecule has 4 rings (SSSR count). The van der Waals surface area contributed by atoms with E-state index in [1.807, 2.05) is 6.92 Å². The van der Waals surface area contributed by atoms with E-state index >= 15 is 0 Å². The fourth-order valence-corrected chi connectivity index (χ4v) is 4.87. The standard InChI is InChI=1S/C28H34N4O.ClH/c1-20-7-6-10-27(21(20)2)32-15-13-31(14-16-32)19-26(18-29)28(33)30-22(3)24-12-11-23-8-4-5-9-25(23)17-24;/h6-7,10-12,17,19,22H,4-5,8-9,13-16H2,1-3H3,(H,30,33);1H/b26-19-;. The first-order valence-corrected chi connectivity index (χ1v) is 12.1. The maximum atomic E-state index is 12.8. The number of nitrogens with one attached hydrogen (secondary N) is 1. The summed E-state index contributed by atoms with van der Waals surface area (Å²) in [5, 5.41) is 12.7. The van der Waals surface area contributed by atoms with Crippen molar-refractivity contribution >= 4 is 24.0 Å². The minimum atomic E-state index is -0.306. The molecule has 6 heteroatoms. The van der Waals surface area contributed by atoms with Crippen LogP contribution < -0.4 is 10.2 Å². The van der Waals surface area contributed by atoms with Crippen LogP contribution in [0, 0.1) is 25.2 Å². The van der Waals surface area contributed by atoms with Crippen molar-refractivity contribution in [2.24, 2.45) is 0 Å². The van der Waals surface area contributed by atoms with Crippen LogP contribution in [0.3, 0.4) is 0 Å². The number of hydrogen-bond donors (Lipinski definition) is 1. The molecule has 1 heterocycles. The Kier molecular flexibility index (Phi) is 8.63. The number of halogens is 1. The van der Waals surface area contributed by atoms with E-state index in [9.17, 15) is 10.1 Å². The zero-order valence-electron chi connectivity index (χ0n) is 20.4. The number of nitriles is 1. The quantitative estimate of drug-likeness (QED) is 0.484. The summed E-state index contributed by atoms with van der Waals surface area (Å²) < 4.78 is 0. The molecule has 1 fully saturated rings. The van der Waals surface area contributed by atoms with Crippen molar-refractivity contribution in [1.29, 1.82) is 5.26 Å². The molecule has 0 radical (unpaired) electrons. The summed E-state index contributed by atoms with van der Waals surface area (Å²) in [6.45, 7) is 9.59. The summed E-state index contributed by atoms with van der Waals surface area (Å²) in [6, 6.07) is 14.9. The summed E-state index contributed by atoms with van der Waals surface area (Å²) in [5.74, 6) is -0.306. The van der Waals surface area contributed by atoms with Crippen molar-refractivity contribution in [3.05, 3.63) is 76.0 Å². The van der Waals surface area contributed by atoms with Gasteiger partial charge in [-0.1, -0.05) is 30.3 Å². The zero-order valence-corrected chi connectivity index (χ0v) is 21.3. The van der Waals surface area contributed by atoms with Crippen LogP contribution in [-0.2, 0) is 17.6 Å². The molecule has 1 atom stereocenters. The maximum absolute atomic E-state index is 12.8. The van der Waals surface area contributed by atoms with E-state index in [1.54, 1.807) is 6.20 Å². The van der Waals surface area contributed by atoms with Gasteiger partial charge in [0.1, 0.15) is 11.6 Å². The van der Waals surface area contributed by atoms with Gasteiger partial charge in [-0.3, -0.25) is 4.79 Å². The van der Waals surface area contributed by atoms with Crippen LogP contribution in [0.15, 0.2) is 48.2 Å². The van der Waals surface area contributed by atoms with Crippen LogP contribution in [0.4, 0.5) is 5.69 Å². The highest BCUT2D eigenvalue weighted by Crippen LogP contribution is 2.26. The molecule has 2 aromatic carbocycles. The molecule has 0 aromatic heterocycles. The molecule has 34 heavy (non-hydrogen) atoms. The van der Waals surface area contributed by atoms with Gasteiger partial charge >= 0.3 is 0 Å². The predicted octanol–water partition coefficient (Wildman–Crippen LogP) is 5.01. The molecule has 0 spiro atoms. The third-order valence-electron chi connectivity index (χ3n) is 7.13. The number of rotatable bonds is 5. The Hall–Kier alpha value is -2.97. The number of fused-ring (bicyclic) bond motifs is 1. The highest BCUT2D eigenvalue weighted by molar-refractivity contribution is 5.97. The molecule has 0 saturated carbocycles. The lowest BCUT2D eigenvalue weighted by Gasteiger charge is -2.36. The van der Waals surface area contributed by atoms with Crippen molar-refractivity contribution < 1.29 is 4.79 Å². The Balaban J connectivity index is 0.00000324. The maximum Gasteiger partial charge on any atom is 0.263 e.